The molecule has 222 valence electrons. The lowest BCUT2D eigenvalue weighted by Gasteiger charge is -2.26. The van der Waals surface area contributed by atoms with Crippen molar-refractivity contribution in [3.63, 3.8) is 0 Å². The number of ketones is 1. The highest BCUT2D eigenvalue weighted by molar-refractivity contribution is 6.32. The third kappa shape index (κ3) is 5.68. The second-order valence-electron chi connectivity index (χ2n) is 8.86. The summed E-state index contributed by atoms with van der Waals surface area (Å²) < 4.78 is 93.8. The maximum atomic E-state index is 14.1. The van der Waals surface area contributed by atoms with Gasteiger partial charge in [-0.2, -0.15) is 50.8 Å². The van der Waals surface area contributed by atoms with E-state index < -0.39 is 42.0 Å². The Morgan fingerprint density at radius 1 is 1.02 bits per heavy atom. The van der Waals surface area contributed by atoms with Crippen LogP contribution < -0.4 is 5.73 Å². The molecule has 4 aromatic rings. The van der Waals surface area contributed by atoms with E-state index in [1.165, 1.54) is 30.5 Å². The minimum atomic E-state index is -6.56. The highest BCUT2D eigenvalue weighted by Gasteiger charge is 2.74. The standard InChI is InChI=1S/C24H16Cl2F7N7O2/c1-11-5-12(25)6-15(20(34)42)14(11)8-18(41)17-7-13(37-40(17)21-16(26)3-2-4-35-21)10-39-36-9-19(38-39)22(27,28)23(29,30)24(31,32)33/h2-7,9H,8,10H2,1H3,(H2,34,42). The van der Waals surface area contributed by atoms with E-state index >= 15 is 0 Å². The van der Waals surface area contributed by atoms with Crippen molar-refractivity contribution in [2.45, 2.75) is 37.9 Å². The molecule has 0 saturated carbocycles. The largest absolute Gasteiger partial charge is 0.460 e. The van der Waals surface area contributed by atoms with Gasteiger partial charge >= 0.3 is 18.0 Å². The highest BCUT2D eigenvalue weighted by Crippen LogP contribution is 2.51. The first-order valence-electron chi connectivity index (χ1n) is 11.5. The number of aryl methyl sites for hydroxylation is 1. The van der Waals surface area contributed by atoms with E-state index in [0.717, 1.165) is 10.7 Å². The molecule has 0 radical (unpaired) electrons. The maximum absolute atomic E-state index is 14.1. The molecule has 0 spiro atoms. The van der Waals surface area contributed by atoms with Crippen molar-refractivity contribution in [2.24, 2.45) is 5.73 Å². The number of pyridine rings is 1. The molecule has 0 fully saturated rings. The van der Waals surface area contributed by atoms with Gasteiger partial charge in [0, 0.05) is 23.2 Å². The number of carbonyl (C=O) groups excluding carboxylic acids is 2. The molecule has 4 rings (SSSR count). The van der Waals surface area contributed by atoms with Crippen molar-refractivity contribution in [1.29, 1.82) is 0 Å². The van der Waals surface area contributed by atoms with Gasteiger partial charge in [-0.3, -0.25) is 9.59 Å². The molecule has 9 nitrogen and oxygen atoms in total. The monoisotopic (exact) mass is 637 g/mol. The van der Waals surface area contributed by atoms with Crippen LogP contribution in [0.1, 0.15) is 43.4 Å². The Kier molecular flexibility index (Phi) is 8.08. The van der Waals surface area contributed by atoms with Crippen LogP contribution in [-0.4, -0.2) is 53.5 Å². The smallest absolute Gasteiger partial charge is 0.366 e. The van der Waals surface area contributed by atoms with E-state index in [-0.39, 0.29) is 51.0 Å². The van der Waals surface area contributed by atoms with Gasteiger partial charge in [0.1, 0.15) is 12.2 Å². The zero-order chi connectivity index (χ0) is 31.2. The molecule has 0 saturated heterocycles. The summed E-state index contributed by atoms with van der Waals surface area (Å²) in [6, 6.07) is 6.87. The zero-order valence-electron chi connectivity index (χ0n) is 20.9. The number of amides is 1. The minimum Gasteiger partial charge on any atom is -0.366 e. The van der Waals surface area contributed by atoms with Gasteiger partial charge in [-0.25, -0.2) is 9.67 Å². The number of Topliss-reactive ketones (excluding diaryl/α,β-unsaturated/α-hetero) is 1. The number of rotatable bonds is 9. The Morgan fingerprint density at radius 3 is 2.33 bits per heavy atom. The number of aromatic nitrogens is 6. The van der Waals surface area contributed by atoms with Crippen LogP contribution in [0.3, 0.4) is 0 Å². The van der Waals surface area contributed by atoms with Gasteiger partial charge < -0.3 is 5.73 Å². The van der Waals surface area contributed by atoms with Crippen LogP contribution in [-0.2, 0) is 18.9 Å². The van der Waals surface area contributed by atoms with Crippen LogP contribution in [0, 0.1) is 6.92 Å². The number of primary amides is 1. The number of benzene rings is 1. The number of hydrogen-bond acceptors (Lipinski definition) is 6. The zero-order valence-corrected chi connectivity index (χ0v) is 22.4. The molecule has 0 atom stereocenters. The number of halogens is 9. The topological polar surface area (TPSA) is 122 Å². The molecular formula is C24H16Cl2F7N7O2. The van der Waals surface area contributed by atoms with Gasteiger partial charge in [0.05, 0.1) is 16.9 Å². The van der Waals surface area contributed by atoms with Gasteiger partial charge in [0.25, 0.3) is 0 Å². The Morgan fingerprint density at radius 2 is 1.71 bits per heavy atom. The second kappa shape index (κ2) is 11.0. The number of hydrogen-bond donors (Lipinski definition) is 1. The molecule has 0 bridgehead atoms. The van der Waals surface area contributed by atoms with Crippen molar-refractivity contribution in [1.82, 2.24) is 29.8 Å². The molecule has 3 aromatic heterocycles. The first-order valence-corrected chi connectivity index (χ1v) is 12.2. The van der Waals surface area contributed by atoms with Gasteiger partial charge in [0.15, 0.2) is 17.3 Å². The molecule has 2 N–H and O–H groups in total. The summed E-state index contributed by atoms with van der Waals surface area (Å²) >= 11 is 12.2. The summed E-state index contributed by atoms with van der Waals surface area (Å²) in [6.45, 7) is 0.955. The first kappa shape index (κ1) is 30.9. The van der Waals surface area contributed by atoms with Crippen molar-refractivity contribution in [3.8, 4) is 5.82 Å². The van der Waals surface area contributed by atoms with E-state index in [4.69, 9.17) is 28.9 Å². The molecular weight excluding hydrogens is 622 g/mol. The molecule has 0 aliphatic heterocycles. The lowest BCUT2D eigenvalue weighted by molar-refractivity contribution is -0.360. The van der Waals surface area contributed by atoms with Gasteiger partial charge in [-0.15, -0.1) is 0 Å². The number of carbonyl (C=O) groups is 2. The molecule has 42 heavy (non-hydrogen) atoms. The number of nitrogens with two attached hydrogens (primary N) is 1. The van der Waals surface area contributed by atoms with Crippen molar-refractivity contribution in [3.05, 3.63) is 86.5 Å². The number of nitrogens with zero attached hydrogens (tertiary/aromatic N) is 6. The summed E-state index contributed by atoms with van der Waals surface area (Å²) in [7, 11) is 0. The average molecular weight is 638 g/mol. The van der Waals surface area contributed by atoms with Crippen LogP contribution in [0.15, 0.2) is 42.7 Å². The summed E-state index contributed by atoms with van der Waals surface area (Å²) in [5.74, 6) is -13.7. The van der Waals surface area contributed by atoms with Crippen LogP contribution in [0.25, 0.3) is 5.82 Å². The third-order valence-electron chi connectivity index (χ3n) is 5.94. The summed E-state index contributed by atoms with van der Waals surface area (Å²) in [4.78, 5) is 30.0. The molecule has 0 aliphatic rings. The first-order chi connectivity index (χ1) is 19.4. The van der Waals surface area contributed by atoms with Gasteiger partial charge in [0.2, 0.25) is 5.91 Å². The Balaban J connectivity index is 1.73. The van der Waals surface area contributed by atoms with E-state index in [2.05, 4.69) is 20.3 Å². The van der Waals surface area contributed by atoms with Crippen LogP contribution in [0.5, 0.6) is 0 Å². The molecule has 18 heteroatoms. The van der Waals surface area contributed by atoms with Crippen molar-refractivity contribution >= 4 is 34.9 Å². The maximum Gasteiger partial charge on any atom is 0.460 e. The summed E-state index contributed by atoms with van der Waals surface area (Å²) in [5.41, 5.74) is 3.93. The van der Waals surface area contributed by atoms with E-state index in [1.54, 1.807) is 6.92 Å². The molecule has 0 unspecified atom stereocenters. The minimum absolute atomic E-state index is 0.0136. The SMILES string of the molecule is Cc1cc(Cl)cc(C(N)=O)c1CC(=O)c1cc(Cn2ncc(C(F)(F)C(F)(F)C(F)(F)F)n2)nn1-c1ncccc1Cl. The van der Waals surface area contributed by atoms with Gasteiger partial charge in [-0.05, 0) is 48.4 Å². The molecule has 1 aromatic carbocycles. The Hall–Kier alpha value is -4.05. The predicted octanol–water partition coefficient (Wildman–Crippen LogP) is 5.34. The average Bonchev–Trinajstić information content (AvgIpc) is 3.53. The fraction of sp³-hybridized carbons (Fsp3) is 0.250. The Labute approximate surface area is 241 Å². The lowest BCUT2D eigenvalue weighted by atomic mass is 9.95. The van der Waals surface area contributed by atoms with Crippen molar-refractivity contribution in [2.75, 3.05) is 0 Å². The van der Waals surface area contributed by atoms with E-state index in [1.807, 2.05) is 0 Å². The molecule has 1 amide bonds. The quantitative estimate of drug-likeness (QED) is 0.195. The molecule has 3 heterocycles. The van der Waals surface area contributed by atoms with E-state index in [0.29, 0.717) is 10.4 Å². The fourth-order valence-electron chi connectivity index (χ4n) is 3.88. The molecule has 0 aliphatic carbocycles. The second-order valence-corrected chi connectivity index (χ2v) is 9.70. The van der Waals surface area contributed by atoms with Crippen LogP contribution in [0.2, 0.25) is 10.0 Å². The highest BCUT2D eigenvalue weighted by atomic mass is 35.5. The Bertz CT molecular complexity index is 1690. The van der Waals surface area contributed by atoms with Crippen LogP contribution >= 0.6 is 23.2 Å². The lowest BCUT2D eigenvalue weighted by Crippen LogP contribution is -2.50. The predicted molar refractivity (Wildman–Crippen MR) is 133 cm³/mol. The summed E-state index contributed by atoms with van der Waals surface area (Å²) in [6.07, 6.45) is -5.56. The van der Waals surface area contributed by atoms with Crippen molar-refractivity contribution < 1.29 is 40.3 Å². The van der Waals surface area contributed by atoms with Gasteiger partial charge in [-0.1, -0.05) is 23.2 Å². The third-order valence-corrected chi connectivity index (χ3v) is 6.45. The van der Waals surface area contributed by atoms with E-state index in [9.17, 15) is 40.3 Å². The normalized spacial score (nSPS) is 12.5. The van der Waals surface area contributed by atoms with Crippen LogP contribution in [0.4, 0.5) is 30.7 Å². The fourth-order valence-corrected chi connectivity index (χ4v) is 4.35. The number of alkyl halides is 7. The summed E-state index contributed by atoms with van der Waals surface area (Å²) in [5, 5.41) is 10.8.